The second-order valence-electron chi connectivity index (χ2n) is 5.52. The van der Waals surface area contributed by atoms with Crippen LogP contribution in [0.3, 0.4) is 0 Å². The first kappa shape index (κ1) is 18.0. The topological polar surface area (TPSA) is 24.5 Å². The van der Waals surface area contributed by atoms with Crippen molar-refractivity contribution in [2.45, 2.75) is 19.4 Å². The van der Waals surface area contributed by atoms with E-state index in [9.17, 15) is 0 Å². The Kier molecular flexibility index (Phi) is 8.43. The van der Waals surface area contributed by atoms with Gasteiger partial charge in [0.15, 0.2) is 0 Å². The van der Waals surface area contributed by atoms with Crippen molar-refractivity contribution >= 4 is 12.4 Å². The van der Waals surface area contributed by atoms with E-state index in [1.807, 2.05) is 18.2 Å². The standard InChI is InChI=1S/C17H26N2O.ClH/c1-3-12-19(14-16-8-10-18-11-9-16)13-15-4-6-17(20-2)7-5-15;/h3-7,16,18H,1,8-14H2,2H3;1H. The molecule has 1 fully saturated rings. The highest BCUT2D eigenvalue weighted by molar-refractivity contribution is 5.85. The van der Waals surface area contributed by atoms with Gasteiger partial charge in [-0.3, -0.25) is 4.90 Å². The Hall–Kier alpha value is -1.03. The highest BCUT2D eigenvalue weighted by atomic mass is 35.5. The number of methoxy groups -OCH3 is 1. The Balaban J connectivity index is 0.00000220. The molecule has 2 rings (SSSR count). The number of benzene rings is 1. The molecule has 4 heteroatoms. The number of rotatable bonds is 7. The van der Waals surface area contributed by atoms with Crippen molar-refractivity contribution in [2.75, 3.05) is 33.3 Å². The highest BCUT2D eigenvalue weighted by Gasteiger charge is 2.16. The average molecular weight is 311 g/mol. The maximum Gasteiger partial charge on any atom is 0.118 e. The first-order chi connectivity index (χ1) is 9.81. The molecule has 1 N–H and O–H groups in total. The number of hydrogen-bond acceptors (Lipinski definition) is 3. The lowest BCUT2D eigenvalue weighted by molar-refractivity contribution is 0.216. The second kappa shape index (κ2) is 9.82. The molecule has 0 radical (unpaired) electrons. The minimum Gasteiger partial charge on any atom is -0.497 e. The molecule has 0 amide bonds. The van der Waals surface area contributed by atoms with Gasteiger partial charge in [-0.15, -0.1) is 19.0 Å². The van der Waals surface area contributed by atoms with Crippen molar-refractivity contribution in [2.24, 2.45) is 5.92 Å². The molecular formula is C17H27ClN2O. The Bertz CT molecular complexity index is 402. The summed E-state index contributed by atoms with van der Waals surface area (Å²) >= 11 is 0. The van der Waals surface area contributed by atoms with Crippen LogP contribution < -0.4 is 10.1 Å². The van der Waals surface area contributed by atoms with E-state index in [0.29, 0.717) is 0 Å². The van der Waals surface area contributed by atoms with Gasteiger partial charge >= 0.3 is 0 Å². The zero-order valence-corrected chi connectivity index (χ0v) is 13.7. The molecule has 0 bridgehead atoms. The van der Waals surface area contributed by atoms with Gasteiger partial charge in [0.05, 0.1) is 7.11 Å². The fourth-order valence-corrected chi connectivity index (χ4v) is 2.80. The molecule has 1 saturated heterocycles. The van der Waals surface area contributed by atoms with E-state index in [1.54, 1.807) is 7.11 Å². The second-order valence-corrected chi connectivity index (χ2v) is 5.52. The monoisotopic (exact) mass is 310 g/mol. The molecule has 0 spiro atoms. The Morgan fingerprint density at radius 3 is 2.52 bits per heavy atom. The maximum atomic E-state index is 5.21. The summed E-state index contributed by atoms with van der Waals surface area (Å²) < 4.78 is 5.21. The third-order valence-corrected chi connectivity index (χ3v) is 3.93. The van der Waals surface area contributed by atoms with Crippen molar-refractivity contribution in [3.8, 4) is 5.75 Å². The summed E-state index contributed by atoms with van der Waals surface area (Å²) in [5.41, 5.74) is 1.33. The van der Waals surface area contributed by atoms with Crippen LogP contribution in [0.4, 0.5) is 0 Å². The van der Waals surface area contributed by atoms with Crippen LogP contribution in [0.1, 0.15) is 18.4 Å². The minimum atomic E-state index is 0. The van der Waals surface area contributed by atoms with E-state index in [4.69, 9.17) is 4.74 Å². The van der Waals surface area contributed by atoms with Gasteiger partial charge in [0, 0.05) is 19.6 Å². The number of halogens is 1. The minimum absolute atomic E-state index is 0. The van der Waals surface area contributed by atoms with Crippen LogP contribution in [0, 0.1) is 5.92 Å². The summed E-state index contributed by atoms with van der Waals surface area (Å²) in [6, 6.07) is 8.37. The molecule has 0 atom stereocenters. The third kappa shape index (κ3) is 6.08. The number of nitrogens with zero attached hydrogens (tertiary/aromatic N) is 1. The number of piperidine rings is 1. The zero-order chi connectivity index (χ0) is 14.2. The molecule has 118 valence electrons. The predicted molar refractivity (Wildman–Crippen MR) is 91.3 cm³/mol. The molecule has 0 saturated carbocycles. The molecule has 0 unspecified atom stereocenters. The van der Waals surface area contributed by atoms with Crippen molar-refractivity contribution in [1.82, 2.24) is 10.2 Å². The summed E-state index contributed by atoms with van der Waals surface area (Å²) in [5, 5.41) is 3.43. The molecule has 0 aliphatic carbocycles. The normalized spacial score (nSPS) is 15.5. The van der Waals surface area contributed by atoms with E-state index in [0.717, 1.165) is 37.8 Å². The average Bonchev–Trinajstić information content (AvgIpc) is 2.49. The van der Waals surface area contributed by atoms with Gasteiger partial charge in [-0.25, -0.2) is 0 Å². The van der Waals surface area contributed by atoms with Crippen LogP contribution in [0.2, 0.25) is 0 Å². The molecule has 1 aromatic rings. The van der Waals surface area contributed by atoms with E-state index in [1.165, 1.54) is 24.9 Å². The number of nitrogens with one attached hydrogen (secondary N) is 1. The summed E-state index contributed by atoms with van der Waals surface area (Å²) in [6.07, 6.45) is 4.58. The molecule has 1 aliphatic rings. The Morgan fingerprint density at radius 1 is 1.29 bits per heavy atom. The van der Waals surface area contributed by atoms with E-state index in [-0.39, 0.29) is 12.4 Å². The number of ether oxygens (including phenoxy) is 1. The van der Waals surface area contributed by atoms with Crippen LogP contribution in [0.5, 0.6) is 5.75 Å². The van der Waals surface area contributed by atoms with E-state index >= 15 is 0 Å². The first-order valence-electron chi connectivity index (χ1n) is 7.48. The molecule has 21 heavy (non-hydrogen) atoms. The van der Waals surface area contributed by atoms with Crippen molar-refractivity contribution < 1.29 is 4.74 Å². The van der Waals surface area contributed by atoms with Crippen LogP contribution in [-0.2, 0) is 6.54 Å². The van der Waals surface area contributed by atoms with Crippen molar-refractivity contribution in [1.29, 1.82) is 0 Å². The smallest absolute Gasteiger partial charge is 0.118 e. The maximum absolute atomic E-state index is 5.21. The van der Waals surface area contributed by atoms with Crippen molar-refractivity contribution in [3.05, 3.63) is 42.5 Å². The quantitative estimate of drug-likeness (QED) is 0.783. The Labute approximate surface area is 134 Å². The van der Waals surface area contributed by atoms with Gasteiger partial charge in [0.25, 0.3) is 0 Å². The fourth-order valence-electron chi connectivity index (χ4n) is 2.80. The zero-order valence-electron chi connectivity index (χ0n) is 12.9. The van der Waals surface area contributed by atoms with Gasteiger partial charge < -0.3 is 10.1 Å². The lowest BCUT2D eigenvalue weighted by Gasteiger charge is -2.29. The predicted octanol–water partition coefficient (Wildman–Crippen LogP) is 3.10. The molecule has 1 heterocycles. The summed E-state index contributed by atoms with van der Waals surface area (Å²) in [7, 11) is 1.70. The van der Waals surface area contributed by atoms with Crippen LogP contribution in [0.25, 0.3) is 0 Å². The SMILES string of the molecule is C=CCN(Cc1ccc(OC)cc1)CC1CCNCC1.Cl. The summed E-state index contributed by atoms with van der Waals surface area (Å²) in [5.74, 6) is 1.73. The fraction of sp³-hybridized carbons (Fsp3) is 0.529. The molecule has 1 aliphatic heterocycles. The molecule has 3 nitrogen and oxygen atoms in total. The van der Waals surface area contributed by atoms with E-state index in [2.05, 4.69) is 28.9 Å². The molecule has 1 aromatic carbocycles. The van der Waals surface area contributed by atoms with Gasteiger partial charge in [0.1, 0.15) is 5.75 Å². The summed E-state index contributed by atoms with van der Waals surface area (Å²) in [6.45, 7) is 9.32. The van der Waals surface area contributed by atoms with E-state index < -0.39 is 0 Å². The van der Waals surface area contributed by atoms with Gasteiger partial charge in [-0.1, -0.05) is 18.2 Å². The summed E-state index contributed by atoms with van der Waals surface area (Å²) in [4.78, 5) is 2.49. The lowest BCUT2D eigenvalue weighted by atomic mass is 9.97. The van der Waals surface area contributed by atoms with Gasteiger partial charge in [-0.2, -0.15) is 0 Å². The van der Waals surface area contributed by atoms with Gasteiger partial charge in [0.2, 0.25) is 0 Å². The van der Waals surface area contributed by atoms with Crippen LogP contribution in [-0.4, -0.2) is 38.2 Å². The number of hydrogen-bond donors (Lipinski definition) is 1. The first-order valence-corrected chi connectivity index (χ1v) is 7.48. The van der Waals surface area contributed by atoms with Crippen molar-refractivity contribution in [3.63, 3.8) is 0 Å². The Morgan fingerprint density at radius 2 is 1.95 bits per heavy atom. The largest absolute Gasteiger partial charge is 0.497 e. The van der Waals surface area contributed by atoms with Crippen LogP contribution in [0.15, 0.2) is 36.9 Å². The van der Waals surface area contributed by atoms with Crippen LogP contribution >= 0.6 is 12.4 Å². The molecular weight excluding hydrogens is 284 g/mol. The lowest BCUT2D eigenvalue weighted by Crippen LogP contribution is -2.36. The third-order valence-electron chi connectivity index (χ3n) is 3.93. The molecule has 0 aromatic heterocycles. The highest BCUT2D eigenvalue weighted by Crippen LogP contribution is 2.17. The van der Waals surface area contributed by atoms with Gasteiger partial charge in [-0.05, 0) is 49.5 Å².